The highest BCUT2D eigenvalue weighted by Crippen LogP contribution is 2.35. The van der Waals surface area contributed by atoms with E-state index in [2.05, 4.69) is 11.7 Å². The van der Waals surface area contributed by atoms with Crippen LogP contribution < -0.4 is 9.47 Å². The molecule has 2 aliphatic rings. The Morgan fingerprint density at radius 2 is 2.11 bits per heavy atom. The maximum absolute atomic E-state index is 12.0. The number of carbonyl (C=O) groups excluding carboxylic acids is 1. The van der Waals surface area contributed by atoms with Crippen molar-refractivity contribution in [2.24, 2.45) is 4.99 Å². The standard InChI is InChI=1S/C14H13N2O3/c1-8(13-14(17)16(3)9(2)15-13)10-4-5-11-12(6-10)19-7-18-11/h4-6H,3,7H2,1-2H3/q+1/b13-8-. The lowest BCUT2D eigenvalue weighted by molar-refractivity contribution is -0.321. The Bertz CT molecular complexity index is 671. The van der Waals surface area contributed by atoms with E-state index in [4.69, 9.17) is 9.47 Å². The summed E-state index contributed by atoms with van der Waals surface area (Å²) in [5.41, 5.74) is 2.11. The molecule has 1 aromatic rings. The van der Waals surface area contributed by atoms with E-state index in [9.17, 15) is 4.79 Å². The topological polar surface area (TPSA) is 50.9 Å². The summed E-state index contributed by atoms with van der Waals surface area (Å²) in [7, 11) is 0. The maximum Gasteiger partial charge on any atom is 0.389 e. The van der Waals surface area contributed by atoms with E-state index in [1.165, 1.54) is 4.58 Å². The molecule has 0 N–H and O–H groups in total. The fourth-order valence-electron chi connectivity index (χ4n) is 2.06. The summed E-state index contributed by atoms with van der Waals surface area (Å²) >= 11 is 0. The van der Waals surface area contributed by atoms with Crippen molar-refractivity contribution < 1.29 is 18.8 Å². The van der Waals surface area contributed by atoms with Crippen molar-refractivity contribution >= 4 is 24.0 Å². The average Bonchev–Trinajstić information content (AvgIpc) is 2.97. The summed E-state index contributed by atoms with van der Waals surface area (Å²) in [6.45, 7) is 7.51. The van der Waals surface area contributed by atoms with E-state index in [-0.39, 0.29) is 12.7 Å². The number of allylic oxidation sites excluding steroid dienone is 1. The molecule has 96 valence electrons. The molecule has 2 heterocycles. The molecule has 0 saturated heterocycles. The van der Waals surface area contributed by atoms with Gasteiger partial charge in [-0.25, -0.2) is 4.79 Å². The average molecular weight is 257 g/mol. The number of ether oxygens (including phenoxy) is 2. The number of fused-ring (bicyclic) bond motifs is 1. The molecular formula is C14H13N2O3+. The number of amides is 1. The van der Waals surface area contributed by atoms with Crippen LogP contribution in [0.2, 0.25) is 0 Å². The number of rotatable bonds is 1. The zero-order valence-electron chi connectivity index (χ0n) is 10.8. The largest absolute Gasteiger partial charge is 0.454 e. The molecule has 0 bridgehead atoms. The Morgan fingerprint density at radius 1 is 1.37 bits per heavy atom. The highest BCUT2D eigenvalue weighted by Gasteiger charge is 2.34. The highest BCUT2D eigenvalue weighted by atomic mass is 16.7. The summed E-state index contributed by atoms with van der Waals surface area (Å²) in [6.07, 6.45) is 0. The third-order valence-electron chi connectivity index (χ3n) is 3.27. The molecular weight excluding hydrogens is 244 g/mol. The third-order valence-corrected chi connectivity index (χ3v) is 3.27. The fourth-order valence-corrected chi connectivity index (χ4v) is 2.06. The number of carbonyl (C=O) groups is 1. The van der Waals surface area contributed by atoms with Gasteiger partial charge in [-0.3, -0.25) is 0 Å². The van der Waals surface area contributed by atoms with Gasteiger partial charge >= 0.3 is 11.7 Å². The van der Waals surface area contributed by atoms with E-state index in [0.29, 0.717) is 17.3 Å². The predicted octanol–water partition coefficient (Wildman–Crippen LogP) is 1.82. The number of amidine groups is 1. The molecule has 3 rings (SSSR count). The monoisotopic (exact) mass is 257 g/mol. The second-order valence-corrected chi connectivity index (χ2v) is 4.43. The normalized spacial score (nSPS) is 19.8. The Kier molecular flexibility index (Phi) is 2.48. The Hall–Kier alpha value is -2.43. The zero-order chi connectivity index (χ0) is 13.6. The fraction of sp³-hybridized carbons (Fsp3) is 0.214. The minimum absolute atomic E-state index is 0.187. The lowest BCUT2D eigenvalue weighted by Gasteiger charge is -2.02. The highest BCUT2D eigenvalue weighted by molar-refractivity contribution is 6.06. The van der Waals surface area contributed by atoms with Gasteiger partial charge in [0.2, 0.25) is 6.79 Å². The summed E-state index contributed by atoms with van der Waals surface area (Å²) in [6, 6.07) is 5.58. The van der Waals surface area contributed by atoms with E-state index in [1.54, 1.807) is 6.92 Å². The van der Waals surface area contributed by atoms with Crippen LogP contribution in [0.15, 0.2) is 28.9 Å². The summed E-state index contributed by atoms with van der Waals surface area (Å²) in [5, 5.41) is 0. The van der Waals surface area contributed by atoms with E-state index < -0.39 is 0 Å². The van der Waals surface area contributed by atoms with Gasteiger partial charge in [0, 0.05) is 12.5 Å². The van der Waals surface area contributed by atoms with Crippen molar-refractivity contribution in [2.75, 3.05) is 6.79 Å². The van der Waals surface area contributed by atoms with E-state index in [1.807, 2.05) is 25.1 Å². The third kappa shape index (κ3) is 1.74. The SMILES string of the molecule is C=[N+]1C(=O)/C(=C(\C)c2ccc3c(c2)OCO3)N=C1C. The Balaban J connectivity index is 2.07. The summed E-state index contributed by atoms with van der Waals surface area (Å²) < 4.78 is 11.9. The van der Waals surface area contributed by atoms with Crippen LogP contribution >= 0.6 is 0 Å². The van der Waals surface area contributed by atoms with Crippen LogP contribution in [-0.2, 0) is 4.79 Å². The van der Waals surface area contributed by atoms with Gasteiger partial charge < -0.3 is 9.47 Å². The van der Waals surface area contributed by atoms with Crippen LogP contribution in [0.1, 0.15) is 19.4 Å². The second kappa shape index (κ2) is 4.05. The van der Waals surface area contributed by atoms with Crippen molar-refractivity contribution in [2.45, 2.75) is 13.8 Å². The van der Waals surface area contributed by atoms with Crippen LogP contribution in [0.3, 0.4) is 0 Å². The number of nitrogens with zero attached hydrogens (tertiary/aromatic N) is 2. The quantitative estimate of drug-likeness (QED) is 0.569. The van der Waals surface area contributed by atoms with Crippen LogP contribution in [0, 0.1) is 0 Å². The minimum Gasteiger partial charge on any atom is -0.454 e. The van der Waals surface area contributed by atoms with Gasteiger partial charge in [-0.05, 0) is 29.6 Å². The van der Waals surface area contributed by atoms with Gasteiger partial charge in [0.15, 0.2) is 11.5 Å². The van der Waals surface area contributed by atoms with Crippen molar-refractivity contribution in [3.63, 3.8) is 0 Å². The molecule has 1 aromatic carbocycles. The molecule has 2 aliphatic heterocycles. The zero-order valence-corrected chi connectivity index (χ0v) is 10.8. The van der Waals surface area contributed by atoms with Crippen molar-refractivity contribution in [1.29, 1.82) is 0 Å². The first-order chi connectivity index (χ1) is 9.08. The minimum atomic E-state index is -0.187. The Morgan fingerprint density at radius 3 is 2.79 bits per heavy atom. The van der Waals surface area contributed by atoms with Crippen LogP contribution in [-0.4, -0.2) is 29.8 Å². The van der Waals surface area contributed by atoms with Gasteiger partial charge in [-0.2, -0.15) is 4.58 Å². The molecule has 0 saturated carbocycles. The van der Waals surface area contributed by atoms with Crippen molar-refractivity contribution in [1.82, 2.24) is 0 Å². The van der Waals surface area contributed by atoms with Crippen LogP contribution in [0.5, 0.6) is 11.5 Å². The van der Waals surface area contributed by atoms with Crippen molar-refractivity contribution in [3.8, 4) is 11.5 Å². The number of hydrogen-bond acceptors (Lipinski definition) is 4. The molecule has 0 aliphatic carbocycles. The molecule has 19 heavy (non-hydrogen) atoms. The van der Waals surface area contributed by atoms with Gasteiger partial charge in [-0.15, -0.1) is 0 Å². The van der Waals surface area contributed by atoms with Crippen molar-refractivity contribution in [3.05, 3.63) is 29.5 Å². The summed E-state index contributed by atoms with van der Waals surface area (Å²) in [4.78, 5) is 16.3. The molecule has 0 spiro atoms. The first-order valence-corrected chi connectivity index (χ1v) is 5.89. The van der Waals surface area contributed by atoms with Gasteiger partial charge in [0.25, 0.3) is 5.70 Å². The molecule has 0 radical (unpaired) electrons. The predicted molar refractivity (Wildman–Crippen MR) is 70.7 cm³/mol. The molecule has 0 unspecified atom stereocenters. The molecule has 5 heteroatoms. The lowest BCUT2D eigenvalue weighted by Crippen LogP contribution is -2.17. The maximum atomic E-state index is 12.0. The van der Waals surface area contributed by atoms with E-state index >= 15 is 0 Å². The van der Waals surface area contributed by atoms with Gasteiger partial charge in [0.05, 0.1) is 6.72 Å². The van der Waals surface area contributed by atoms with E-state index in [0.717, 1.165) is 16.9 Å². The molecule has 0 aromatic heterocycles. The molecule has 0 atom stereocenters. The first kappa shape index (κ1) is 11.6. The number of hydrogen-bond donors (Lipinski definition) is 0. The van der Waals surface area contributed by atoms with Crippen LogP contribution in [0.4, 0.5) is 0 Å². The van der Waals surface area contributed by atoms with Gasteiger partial charge in [-0.1, -0.05) is 6.07 Å². The first-order valence-electron chi connectivity index (χ1n) is 5.89. The number of aliphatic imine (C=N–C) groups is 1. The smallest absolute Gasteiger partial charge is 0.389 e. The Labute approximate surface area is 110 Å². The molecule has 5 nitrogen and oxygen atoms in total. The molecule has 1 amide bonds. The van der Waals surface area contributed by atoms with Crippen LogP contribution in [0.25, 0.3) is 5.57 Å². The lowest BCUT2D eigenvalue weighted by atomic mass is 10.0. The number of benzene rings is 1. The van der Waals surface area contributed by atoms with Gasteiger partial charge in [0.1, 0.15) is 0 Å². The summed E-state index contributed by atoms with van der Waals surface area (Å²) in [5.74, 6) is 1.82. The molecule has 0 fully saturated rings. The second-order valence-electron chi connectivity index (χ2n) is 4.43.